The molecule has 66 valence electrons. The Morgan fingerprint density at radius 3 is 2.58 bits per heavy atom. The first-order valence-electron chi connectivity index (χ1n) is 4.60. The van der Waals surface area contributed by atoms with Crippen molar-refractivity contribution < 1.29 is 0 Å². The third-order valence-corrected chi connectivity index (χ3v) is 3.88. The van der Waals surface area contributed by atoms with Crippen molar-refractivity contribution in [1.29, 1.82) is 0 Å². The summed E-state index contributed by atoms with van der Waals surface area (Å²) in [6.45, 7) is 0. The second-order valence-electron chi connectivity index (χ2n) is 3.49. The molecular formula is C9H13NS2. The summed E-state index contributed by atoms with van der Waals surface area (Å²) < 4.78 is 0.857. The van der Waals surface area contributed by atoms with E-state index in [1.807, 2.05) is 0 Å². The minimum absolute atomic E-state index is 0.770. The van der Waals surface area contributed by atoms with E-state index in [-0.39, 0.29) is 0 Å². The van der Waals surface area contributed by atoms with Gasteiger partial charge in [0.05, 0.1) is 0 Å². The molecule has 0 saturated heterocycles. The Hall–Kier alpha value is 0.110. The number of nitrogens with zero attached hydrogens (tertiary/aromatic N) is 1. The lowest BCUT2D eigenvalue weighted by atomic mass is 9.86. The molecule has 1 aliphatic heterocycles. The molecule has 0 aromatic heterocycles. The van der Waals surface area contributed by atoms with Crippen molar-refractivity contribution in [3.63, 3.8) is 0 Å². The van der Waals surface area contributed by atoms with Crippen molar-refractivity contribution in [1.82, 2.24) is 0 Å². The van der Waals surface area contributed by atoms with Gasteiger partial charge >= 0.3 is 0 Å². The van der Waals surface area contributed by atoms with Crippen LogP contribution < -0.4 is 0 Å². The van der Waals surface area contributed by atoms with Crippen molar-refractivity contribution in [2.45, 2.75) is 32.1 Å². The van der Waals surface area contributed by atoms with Crippen molar-refractivity contribution in [2.75, 3.05) is 5.75 Å². The predicted octanol–water partition coefficient (Wildman–Crippen LogP) is 3.04. The molecule has 2 aliphatic rings. The van der Waals surface area contributed by atoms with Crippen LogP contribution in [0, 0.1) is 5.92 Å². The first-order valence-corrected chi connectivity index (χ1v) is 6.00. The van der Waals surface area contributed by atoms with E-state index in [4.69, 9.17) is 12.2 Å². The van der Waals surface area contributed by atoms with Crippen LogP contribution in [-0.4, -0.2) is 15.8 Å². The summed E-state index contributed by atoms with van der Waals surface area (Å²) >= 11 is 6.77. The van der Waals surface area contributed by atoms with Crippen molar-refractivity contribution in [2.24, 2.45) is 10.9 Å². The Morgan fingerprint density at radius 1 is 1.25 bits per heavy atom. The predicted molar refractivity (Wildman–Crippen MR) is 59.1 cm³/mol. The molecule has 3 heteroatoms. The highest BCUT2D eigenvalue weighted by atomic mass is 32.2. The van der Waals surface area contributed by atoms with E-state index < -0.39 is 0 Å². The zero-order valence-corrected chi connectivity index (χ0v) is 8.72. The van der Waals surface area contributed by atoms with E-state index in [0.29, 0.717) is 0 Å². The molecule has 2 rings (SSSR count). The number of thioether (sulfide) groups is 1. The Bertz CT molecular complexity index is 217. The van der Waals surface area contributed by atoms with Crippen LogP contribution in [-0.2, 0) is 0 Å². The molecule has 0 atom stereocenters. The van der Waals surface area contributed by atoms with Gasteiger partial charge in [0.2, 0.25) is 0 Å². The summed E-state index contributed by atoms with van der Waals surface area (Å²) in [7, 11) is 0. The van der Waals surface area contributed by atoms with Crippen molar-refractivity contribution in [3.05, 3.63) is 0 Å². The van der Waals surface area contributed by atoms with E-state index in [1.54, 1.807) is 11.8 Å². The van der Waals surface area contributed by atoms with Crippen LogP contribution >= 0.6 is 24.0 Å². The van der Waals surface area contributed by atoms with Crippen molar-refractivity contribution in [3.8, 4) is 0 Å². The normalized spacial score (nSPS) is 26.0. The van der Waals surface area contributed by atoms with Crippen molar-refractivity contribution >= 4 is 34.0 Å². The highest BCUT2D eigenvalue weighted by Gasteiger charge is 2.22. The lowest BCUT2D eigenvalue weighted by Crippen LogP contribution is -2.17. The maximum Gasteiger partial charge on any atom is 0.160 e. The molecule has 0 bridgehead atoms. The van der Waals surface area contributed by atoms with E-state index in [0.717, 1.165) is 16.0 Å². The largest absolute Gasteiger partial charge is 0.238 e. The molecule has 1 saturated carbocycles. The average molecular weight is 199 g/mol. The van der Waals surface area contributed by atoms with Gasteiger partial charge in [-0.1, -0.05) is 43.2 Å². The SMILES string of the molecule is S=C1N=C(C2CCCCC2)CS1. The number of hydrogen-bond acceptors (Lipinski definition) is 2. The fraction of sp³-hybridized carbons (Fsp3) is 0.778. The first-order chi connectivity index (χ1) is 5.86. The second-order valence-corrected chi connectivity index (χ2v) is 5.10. The highest BCUT2D eigenvalue weighted by molar-refractivity contribution is 8.23. The molecule has 0 amide bonds. The smallest absolute Gasteiger partial charge is 0.160 e. The lowest BCUT2D eigenvalue weighted by molar-refractivity contribution is 0.439. The minimum atomic E-state index is 0.770. The highest BCUT2D eigenvalue weighted by Crippen LogP contribution is 2.29. The Balaban J connectivity index is 1.99. The maximum absolute atomic E-state index is 5.04. The molecule has 0 aromatic carbocycles. The third kappa shape index (κ3) is 1.88. The van der Waals surface area contributed by atoms with Crippen LogP contribution in [0.1, 0.15) is 32.1 Å². The minimum Gasteiger partial charge on any atom is -0.238 e. The van der Waals surface area contributed by atoms with Gasteiger partial charge in [-0.2, -0.15) is 0 Å². The Morgan fingerprint density at radius 2 is 2.00 bits per heavy atom. The molecule has 0 N–H and O–H groups in total. The molecule has 0 aromatic rings. The molecule has 1 heterocycles. The maximum atomic E-state index is 5.04. The van der Waals surface area contributed by atoms with Gasteiger partial charge in [-0.05, 0) is 18.8 Å². The van der Waals surface area contributed by atoms with E-state index >= 15 is 0 Å². The first kappa shape index (κ1) is 8.70. The number of hydrogen-bond donors (Lipinski definition) is 0. The lowest BCUT2D eigenvalue weighted by Gasteiger charge is -2.20. The van der Waals surface area contributed by atoms with Crippen LogP contribution in [0.2, 0.25) is 0 Å². The van der Waals surface area contributed by atoms with Gasteiger partial charge in [0.1, 0.15) is 0 Å². The topological polar surface area (TPSA) is 12.4 Å². The van der Waals surface area contributed by atoms with Gasteiger partial charge < -0.3 is 0 Å². The molecule has 12 heavy (non-hydrogen) atoms. The molecule has 1 nitrogen and oxygen atoms in total. The zero-order valence-electron chi connectivity index (χ0n) is 7.08. The number of aliphatic imine (C=N–C) groups is 1. The monoisotopic (exact) mass is 199 g/mol. The standard InChI is InChI=1S/C9H13NS2/c11-9-10-8(6-12-9)7-4-2-1-3-5-7/h7H,1-6H2. The fourth-order valence-corrected chi connectivity index (χ4v) is 3.01. The molecule has 0 radical (unpaired) electrons. The van der Waals surface area contributed by atoms with E-state index in [1.165, 1.54) is 37.8 Å². The van der Waals surface area contributed by atoms with Crippen LogP contribution in [0.4, 0.5) is 0 Å². The van der Waals surface area contributed by atoms with Crippen LogP contribution in [0.5, 0.6) is 0 Å². The zero-order chi connectivity index (χ0) is 8.39. The fourth-order valence-electron chi connectivity index (χ4n) is 1.96. The van der Waals surface area contributed by atoms with Gasteiger partial charge in [0.15, 0.2) is 4.32 Å². The van der Waals surface area contributed by atoms with E-state index in [2.05, 4.69) is 4.99 Å². The Kier molecular flexibility index (Phi) is 2.81. The molecule has 0 spiro atoms. The summed E-state index contributed by atoms with van der Waals surface area (Å²) in [6, 6.07) is 0. The molecule has 1 fully saturated rings. The van der Waals surface area contributed by atoms with E-state index in [9.17, 15) is 0 Å². The van der Waals surface area contributed by atoms with Gasteiger partial charge in [-0.25, -0.2) is 4.99 Å². The molecule has 0 unspecified atom stereocenters. The Labute approximate surface area is 83.0 Å². The van der Waals surface area contributed by atoms with Gasteiger partial charge in [0, 0.05) is 11.5 Å². The second kappa shape index (κ2) is 3.88. The summed E-state index contributed by atoms with van der Waals surface area (Å²) in [5.74, 6) is 1.84. The third-order valence-electron chi connectivity index (χ3n) is 2.65. The molecule has 1 aliphatic carbocycles. The summed E-state index contributed by atoms with van der Waals surface area (Å²) in [6.07, 6.45) is 6.90. The number of thiocarbonyl (C=S) groups is 1. The summed E-state index contributed by atoms with van der Waals surface area (Å²) in [5, 5.41) is 0. The summed E-state index contributed by atoms with van der Waals surface area (Å²) in [5.41, 5.74) is 1.38. The number of rotatable bonds is 1. The van der Waals surface area contributed by atoms with Crippen LogP contribution in [0.3, 0.4) is 0 Å². The van der Waals surface area contributed by atoms with Crippen LogP contribution in [0.25, 0.3) is 0 Å². The average Bonchev–Trinajstić information content (AvgIpc) is 2.54. The van der Waals surface area contributed by atoms with Gasteiger partial charge in [0.25, 0.3) is 0 Å². The summed E-state index contributed by atoms with van der Waals surface area (Å²) in [4.78, 5) is 4.42. The van der Waals surface area contributed by atoms with Gasteiger partial charge in [-0.15, -0.1) is 0 Å². The quantitative estimate of drug-likeness (QED) is 0.602. The van der Waals surface area contributed by atoms with Crippen LogP contribution in [0.15, 0.2) is 4.99 Å². The molecular weight excluding hydrogens is 186 g/mol. The van der Waals surface area contributed by atoms with Gasteiger partial charge in [-0.3, -0.25) is 0 Å².